The second-order valence-electron chi connectivity index (χ2n) is 4.59. The first kappa shape index (κ1) is 13.0. The summed E-state index contributed by atoms with van der Waals surface area (Å²) >= 11 is 0. The Balaban J connectivity index is 2.62. The number of hydrogen-bond donors (Lipinski definition) is 0. The van der Waals surface area contributed by atoms with E-state index in [-0.39, 0.29) is 17.9 Å². The van der Waals surface area contributed by atoms with Crippen molar-refractivity contribution in [2.45, 2.75) is 58.4 Å². The van der Waals surface area contributed by atoms with Gasteiger partial charge in [0, 0.05) is 12.5 Å². The first-order chi connectivity index (χ1) is 7.74. The van der Waals surface area contributed by atoms with Crippen molar-refractivity contribution in [2.75, 3.05) is 6.54 Å². The fourth-order valence-corrected chi connectivity index (χ4v) is 2.49. The summed E-state index contributed by atoms with van der Waals surface area (Å²) in [6.45, 7) is 5.00. The molecule has 0 saturated carbocycles. The maximum absolute atomic E-state index is 12.3. The van der Waals surface area contributed by atoms with Crippen LogP contribution < -0.4 is 0 Å². The van der Waals surface area contributed by atoms with Gasteiger partial charge in [-0.05, 0) is 25.7 Å². The van der Waals surface area contributed by atoms with Gasteiger partial charge in [-0.1, -0.05) is 26.7 Å². The Bertz CT molecular complexity index is 264. The number of nitrogens with zero attached hydrogens (tertiary/aromatic N) is 2. The third kappa shape index (κ3) is 2.98. The second-order valence-corrected chi connectivity index (χ2v) is 4.59. The number of carbonyl (C=O) groups excluding carboxylic acids is 1. The van der Waals surface area contributed by atoms with Crippen LogP contribution in [0.25, 0.3) is 0 Å². The molecule has 1 amide bonds. The average Bonchev–Trinajstić information content (AvgIpc) is 2.75. The molecule has 1 aliphatic heterocycles. The van der Waals surface area contributed by atoms with Crippen molar-refractivity contribution in [3.63, 3.8) is 0 Å². The number of rotatable bonds is 5. The molecule has 1 aliphatic rings. The lowest BCUT2D eigenvalue weighted by Gasteiger charge is -2.25. The number of hydrogen-bond acceptors (Lipinski definition) is 2. The minimum Gasteiger partial charge on any atom is -0.326 e. The molecule has 1 unspecified atom stereocenters. The normalized spacial score (nSPS) is 20.1. The van der Waals surface area contributed by atoms with Crippen LogP contribution in [0.5, 0.6) is 0 Å². The van der Waals surface area contributed by atoms with Gasteiger partial charge in [-0.2, -0.15) is 5.26 Å². The van der Waals surface area contributed by atoms with Crippen molar-refractivity contribution in [1.82, 2.24) is 4.90 Å². The molecule has 90 valence electrons. The molecule has 1 atom stereocenters. The molecule has 1 heterocycles. The fourth-order valence-electron chi connectivity index (χ4n) is 2.49. The van der Waals surface area contributed by atoms with Crippen LogP contribution in [-0.4, -0.2) is 23.4 Å². The smallest absolute Gasteiger partial charge is 0.226 e. The van der Waals surface area contributed by atoms with Gasteiger partial charge in [0.1, 0.15) is 6.04 Å². The summed E-state index contributed by atoms with van der Waals surface area (Å²) in [5, 5.41) is 8.98. The first-order valence-corrected chi connectivity index (χ1v) is 6.44. The SMILES string of the molecule is CCCC(CCC)C(=O)N1CCCC1C#N. The molecule has 0 spiro atoms. The minimum absolute atomic E-state index is 0.143. The second kappa shape index (κ2) is 6.52. The van der Waals surface area contributed by atoms with Crippen molar-refractivity contribution in [1.29, 1.82) is 5.26 Å². The van der Waals surface area contributed by atoms with Crippen LogP contribution in [0, 0.1) is 17.2 Å². The molecule has 0 aromatic rings. The molecule has 0 aromatic heterocycles. The van der Waals surface area contributed by atoms with E-state index in [1.807, 2.05) is 0 Å². The molecule has 0 N–H and O–H groups in total. The van der Waals surface area contributed by atoms with Gasteiger partial charge in [0.05, 0.1) is 6.07 Å². The Morgan fingerprint density at radius 3 is 2.56 bits per heavy atom. The van der Waals surface area contributed by atoms with Crippen LogP contribution in [0.1, 0.15) is 52.4 Å². The summed E-state index contributed by atoms with van der Waals surface area (Å²) in [5.74, 6) is 0.358. The molecule has 0 aliphatic carbocycles. The lowest BCUT2D eigenvalue weighted by Crippen LogP contribution is -2.39. The van der Waals surface area contributed by atoms with E-state index >= 15 is 0 Å². The molecule has 3 heteroatoms. The van der Waals surface area contributed by atoms with Gasteiger partial charge >= 0.3 is 0 Å². The van der Waals surface area contributed by atoms with Crippen LogP contribution >= 0.6 is 0 Å². The van der Waals surface area contributed by atoms with Crippen LogP contribution in [0.4, 0.5) is 0 Å². The van der Waals surface area contributed by atoms with Gasteiger partial charge in [-0.3, -0.25) is 4.79 Å². The number of nitriles is 1. The number of carbonyl (C=O) groups is 1. The van der Waals surface area contributed by atoms with Crippen molar-refractivity contribution >= 4 is 5.91 Å². The highest BCUT2D eigenvalue weighted by atomic mass is 16.2. The molecule has 1 saturated heterocycles. The van der Waals surface area contributed by atoms with Crippen molar-refractivity contribution in [2.24, 2.45) is 5.92 Å². The monoisotopic (exact) mass is 222 g/mol. The van der Waals surface area contributed by atoms with E-state index < -0.39 is 0 Å². The summed E-state index contributed by atoms with van der Waals surface area (Å²) in [5.41, 5.74) is 0. The zero-order chi connectivity index (χ0) is 12.0. The van der Waals surface area contributed by atoms with E-state index in [4.69, 9.17) is 5.26 Å². The fraction of sp³-hybridized carbons (Fsp3) is 0.846. The highest BCUT2D eigenvalue weighted by Crippen LogP contribution is 2.23. The lowest BCUT2D eigenvalue weighted by molar-refractivity contribution is -0.136. The lowest BCUT2D eigenvalue weighted by atomic mass is 9.96. The van der Waals surface area contributed by atoms with E-state index in [2.05, 4.69) is 19.9 Å². The molecule has 1 fully saturated rings. The van der Waals surface area contributed by atoms with Gasteiger partial charge < -0.3 is 4.90 Å². The summed E-state index contributed by atoms with van der Waals surface area (Å²) in [7, 11) is 0. The van der Waals surface area contributed by atoms with Gasteiger partial charge in [0.25, 0.3) is 0 Å². The summed E-state index contributed by atoms with van der Waals surface area (Å²) in [6.07, 6.45) is 5.84. The maximum atomic E-state index is 12.3. The third-order valence-corrected chi connectivity index (χ3v) is 3.31. The Labute approximate surface area is 98.4 Å². The van der Waals surface area contributed by atoms with Crippen LogP contribution in [0.15, 0.2) is 0 Å². The molecular formula is C13H22N2O. The summed E-state index contributed by atoms with van der Waals surface area (Å²) < 4.78 is 0. The standard InChI is InChI=1S/C13H22N2O/c1-3-6-11(7-4-2)13(16)15-9-5-8-12(15)10-14/h11-12H,3-9H2,1-2H3. The van der Waals surface area contributed by atoms with Crippen molar-refractivity contribution < 1.29 is 4.79 Å². The predicted octanol–water partition coefficient (Wildman–Crippen LogP) is 2.72. The molecule has 1 rings (SSSR count). The molecular weight excluding hydrogens is 200 g/mol. The zero-order valence-corrected chi connectivity index (χ0v) is 10.4. The van der Waals surface area contributed by atoms with Crippen molar-refractivity contribution in [3.05, 3.63) is 0 Å². The van der Waals surface area contributed by atoms with Crippen LogP contribution in [0.3, 0.4) is 0 Å². The van der Waals surface area contributed by atoms with E-state index in [1.165, 1.54) is 0 Å². The Kier molecular flexibility index (Phi) is 5.31. The maximum Gasteiger partial charge on any atom is 0.226 e. The molecule has 0 aromatic carbocycles. The third-order valence-electron chi connectivity index (χ3n) is 3.31. The predicted molar refractivity (Wildman–Crippen MR) is 63.7 cm³/mol. The Morgan fingerprint density at radius 2 is 2.06 bits per heavy atom. The van der Waals surface area contributed by atoms with E-state index in [1.54, 1.807) is 4.90 Å². The number of likely N-dealkylation sites (tertiary alicyclic amines) is 1. The van der Waals surface area contributed by atoms with Gasteiger partial charge in [-0.15, -0.1) is 0 Å². The van der Waals surface area contributed by atoms with Gasteiger partial charge in [0.15, 0.2) is 0 Å². The quantitative estimate of drug-likeness (QED) is 0.718. The van der Waals surface area contributed by atoms with Gasteiger partial charge in [-0.25, -0.2) is 0 Å². The summed E-state index contributed by atoms with van der Waals surface area (Å²) in [4.78, 5) is 14.1. The number of amides is 1. The minimum atomic E-state index is -0.163. The Hall–Kier alpha value is -1.04. The molecule has 16 heavy (non-hydrogen) atoms. The largest absolute Gasteiger partial charge is 0.326 e. The molecule has 0 bridgehead atoms. The van der Waals surface area contributed by atoms with Crippen LogP contribution in [0.2, 0.25) is 0 Å². The van der Waals surface area contributed by atoms with E-state index in [9.17, 15) is 4.79 Å². The highest BCUT2D eigenvalue weighted by Gasteiger charge is 2.32. The average molecular weight is 222 g/mol. The van der Waals surface area contributed by atoms with Gasteiger partial charge in [0.2, 0.25) is 5.91 Å². The van der Waals surface area contributed by atoms with E-state index in [0.717, 1.165) is 45.1 Å². The van der Waals surface area contributed by atoms with Crippen molar-refractivity contribution in [3.8, 4) is 6.07 Å². The van der Waals surface area contributed by atoms with E-state index in [0.29, 0.717) is 0 Å². The van der Waals surface area contributed by atoms with Crippen LogP contribution in [-0.2, 0) is 4.79 Å². The molecule has 3 nitrogen and oxygen atoms in total. The molecule has 0 radical (unpaired) electrons. The highest BCUT2D eigenvalue weighted by molar-refractivity contribution is 5.79. The topological polar surface area (TPSA) is 44.1 Å². The first-order valence-electron chi connectivity index (χ1n) is 6.44. The summed E-state index contributed by atoms with van der Waals surface area (Å²) in [6, 6.07) is 2.08. The zero-order valence-electron chi connectivity index (χ0n) is 10.4. The Morgan fingerprint density at radius 1 is 1.44 bits per heavy atom.